The zero-order valence-electron chi connectivity index (χ0n) is 12.2. The van der Waals surface area contributed by atoms with Crippen LogP contribution in [0.15, 0.2) is 24.3 Å². The predicted octanol–water partition coefficient (Wildman–Crippen LogP) is 3.13. The average Bonchev–Trinajstić information content (AvgIpc) is 2.39. The second kappa shape index (κ2) is 7.51. The van der Waals surface area contributed by atoms with Crippen LogP contribution >= 0.6 is 0 Å². The number of carbonyl (C=O) groups excluding carboxylic acids is 2. The first-order valence-corrected chi connectivity index (χ1v) is 5.98. The van der Waals surface area contributed by atoms with Crippen LogP contribution in [0.4, 0.5) is 26.3 Å². The van der Waals surface area contributed by atoms with Crippen molar-refractivity contribution in [3.8, 4) is 0 Å². The molecule has 0 aromatic heterocycles. The van der Waals surface area contributed by atoms with Crippen LogP contribution in [0.3, 0.4) is 0 Å². The lowest BCUT2D eigenvalue weighted by molar-refractivity contribution is -0.301. The van der Waals surface area contributed by atoms with Crippen molar-refractivity contribution in [2.75, 3.05) is 6.61 Å². The van der Waals surface area contributed by atoms with Gasteiger partial charge in [0.2, 0.25) is 0 Å². The molecule has 4 nitrogen and oxygen atoms in total. The zero-order chi connectivity index (χ0) is 18.6. The van der Waals surface area contributed by atoms with Crippen molar-refractivity contribution in [2.24, 2.45) is 0 Å². The van der Waals surface area contributed by atoms with Crippen molar-refractivity contribution < 1.29 is 45.4 Å². The summed E-state index contributed by atoms with van der Waals surface area (Å²) in [5.41, 5.74) is -5.96. The zero-order valence-corrected chi connectivity index (χ0v) is 12.2. The van der Waals surface area contributed by atoms with Gasteiger partial charge in [-0.1, -0.05) is 13.2 Å². The first kappa shape index (κ1) is 21.0. The molecule has 0 aliphatic rings. The van der Waals surface area contributed by atoms with Gasteiger partial charge in [-0.2, -0.15) is 13.2 Å². The highest BCUT2D eigenvalue weighted by atomic mass is 19.4. The van der Waals surface area contributed by atoms with E-state index in [2.05, 4.69) is 22.6 Å². The van der Waals surface area contributed by atoms with Crippen LogP contribution in [0.5, 0.6) is 0 Å². The standard InChI is InChI=1S/C13H14F6O4/c1-6(2)9(20)22-5-8(23-10(21)7(3)4)12(16,11(14)15)13(17,18)19/h8,11H,1,3,5H2,2,4H3. The number of halogens is 6. The third-order valence-corrected chi connectivity index (χ3v) is 2.53. The van der Waals surface area contributed by atoms with Gasteiger partial charge in [-0.3, -0.25) is 0 Å². The van der Waals surface area contributed by atoms with Crippen LogP contribution in [0.2, 0.25) is 0 Å². The summed E-state index contributed by atoms with van der Waals surface area (Å²) in [5.74, 6) is -2.81. The molecule has 0 aliphatic heterocycles. The summed E-state index contributed by atoms with van der Waals surface area (Å²) >= 11 is 0. The average molecular weight is 348 g/mol. The van der Waals surface area contributed by atoms with E-state index in [1.165, 1.54) is 0 Å². The summed E-state index contributed by atoms with van der Waals surface area (Å²) in [6.07, 6.45) is -13.8. The predicted molar refractivity (Wildman–Crippen MR) is 66.4 cm³/mol. The Kier molecular flexibility index (Phi) is 6.86. The molecular formula is C13H14F6O4. The highest BCUT2D eigenvalue weighted by molar-refractivity contribution is 5.87. The van der Waals surface area contributed by atoms with Gasteiger partial charge in [0.25, 0.3) is 6.43 Å². The van der Waals surface area contributed by atoms with Gasteiger partial charge < -0.3 is 9.47 Å². The molecule has 0 aromatic carbocycles. The second-order valence-electron chi connectivity index (χ2n) is 4.62. The summed E-state index contributed by atoms with van der Waals surface area (Å²) in [6.45, 7) is 6.69. The minimum atomic E-state index is -6.09. The Morgan fingerprint density at radius 1 is 1.00 bits per heavy atom. The van der Waals surface area contributed by atoms with Crippen molar-refractivity contribution in [3.05, 3.63) is 24.3 Å². The van der Waals surface area contributed by atoms with Crippen molar-refractivity contribution in [2.45, 2.75) is 38.2 Å². The number of hydrogen-bond acceptors (Lipinski definition) is 4. The molecule has 0 rings (SSSR count). The third-order valence-electron chi connectivity index (χ3n) is 2.53. The highest BCUT2D eigenvalue weighted by Crippen LogP contribution is 2.43. The van der Waals surface area contributed by atoms with E-state index in [0.717, 1.165) is 13.8 Å². The van der Waals surface area contributed by atoms with Crippen LogP contribution in [0.25, 0.3) is 0 Å². The van der Waals surface area contributed by atoms with E-state index in [1.807, 2.05) is 0 Å². The molecule has 10 heteroatoms. The van der Waals surface area contributed by atoms with E-state index < -0.39 is 48.5 Å². The molecule has 0 amide bonds. The summed E-state index contributed by atoms with van der Waals surface area (Å²) in [4.78, 5) is 22.4. The summed E-state index contributed by atoms with van der Waals surface area (Å²) in [5, 5.41) is 0. The fourth-order valence-electron chi connectivity index (χ4n) is 1.19. The van der Waals surface area contributed by atoms with Crippen LogP contribution in [0.1, 0.15) is 13.8 Å². The fraction of sp³-hybridized carbons (Fsp3) is 0.538. The van der Waals surface area contributed by atoms with E-state index >= 15 is 0 Å². The Labute approximate surface area is 127 Å². The number of alkyl halides is 6. The first-order valence-electron chi connectivity index (χ1n) is 5.98. The maximum atomic E-state index is 14.0. The van der Waals surface area contributed by atoms with E-state index in [-0.39, 0.29) is 5.57 Å². The topological polar surface area (TPSA) is 52.6 Å². The van der Waals surface area contributed by atoms with E-state index in [1.54, 1.807) is 0 Å². The molecule has 0 spiro atoms. The van der Waals surface area contributed by atoms with Crippen molar-refractivity contribution in [1.82, 2.24) is 0 Å². The summed E-state index contributed by atoms with van der Waals surface area (Å²) < 4.78 is 85.8. The highest BCUT2D eigenvalue weighted by Gasteiger charge is 2.69. The van der Waals surface area contributed by atoms with Crippen molar-refractivity contribution in [3.63, 3.8) is 0 Å². The minimum Gasteiger partial charge on any atom is -0.458 e. The first-order chi connectivity index (χ1) is 10.2. The van der Waals surface area contributed by atoms with Crippen LogP contribution in [0, 0.1) is 0 Å². The smallest absolute Gasteiger partial charge is 0.432 e. The molecule has 0 aromatic rings. The molecule has 23 heavy (non-hydrogen) atoms. The van der Waals surface area contributed by atoms with E-state index in [4.69, 9.17) is 0 Å². The lowest BCUT2D eigenvalue weighted by Gasteiger charge is -2.33. The minimum absolute atomic E-state index is 0.275. The molecule has 0 bridgehead atoms. The van der Waals surface area contributed by atoms with Gasteiger partial charge in [0, 0.05) is 11.1 Å². The lowest BCUT2D eigenvalue weighted by Crippen LogP contribution is -2.59. The Morgan fingerprint density at radius 3 is 1.74 bits per heavy atom. The number of carbonyl (C=O) groups is 2. The molecular weight excluding hydrogens is 334 g/mol. The molecule has 0 radical (unpaired) electrons. The number of ether oxygens (including phenoxy) is 2. The summed E-state index contributed by atoms with van der Waals surface area (Å²) in [6, 6.07) is 0. The third kappa shape index (κ3) is 5.00. The number of rotatable bonds is 7. The Hall–Kier alpha value is -2.00. The molecule has 0 saturated heterocycles. The van der Waals surface area contributed by atoms with Crippen LogP contribution in [-0.2, 0) is 19.1 Å². The molecule has 0 heterocycles. The monoisotopic (exact) mass is 348 g/mol. The molecule has 0 N–H and O–H groups in total. The van der Waals surface area contributed by atoms with Crippen molar-refractivity contribution in [1.29, 1.82) is 0 Å². The molecule has 132 valence electrons. The summed E-state index contributed by atoms with van der Waals surface area (Å²) in [7, 11) is 0. The lowest BCUT2D eigenvalue weighted by atomic mass is 9.98. The SMILES string of the molecule is C=C(C)C(=O)OCC(OC(=O)C(=C)C)C(F)(C(F)F)C(F)(F)F. The van der Waals surface area contributed by atoms with Gasteiger partial charge in [0.15, 0.2) is 6.10 Å². The van der Waals surface area contributed by atoms with E-state index in [9.17, 15) is 35.9 Å². The van der Waals surface area contributed by atoms with Crippen molar-refractivity contribution >= 4 is 11.9 Å². The van der Waals surface area contributed by atoms with Crippen LogP contribution < -0.4 is 0 Å². The van der Waals surface area contributed by atoms with Gasteiger partial charge >= 0.3 is 23.8 Å². The van der Waals surface area contributed by atoms with Gasteiger partial charge in [0.05, 0.1) is 0 Å². The van der Waals surface area contributed by atoms with Crippen LogP contribution in [-0.4, -0.2) is 42.9 Å². The fourth-order valence-corrected chi connectivity index (χ4v) is 1.19. The van der Waals surface area contributed by atoms with Gasteiger partial charge in [0.1, 0.15) is 6.61 Å². The number of hydrogen-bond donors (Lipinski definition) is 0. The molecule has 0 fully saturated rings. The maximum absolute atomic E-state index is 14.0. The molecule has 2 atom stereocenters. The quantitative estimate of drug-likeness (QED) is 0.403. The van der Waals surface area contributed by atoms with E-state index in [0.29, 0.717) is 0 Å². The molecule has 0 saturated carbocycles. The van der Waals surface area contributed by atoms with Gasteiger partial charge in [-0.05, 0) is 13.8 Å². The Bertz CT molecular complexity index is 499. The largest absolute Gasteiger partial charge is 0.458 e. The normalized spacial score (nSPS) is 15.5. The second-order valence-corrected chi connectivity index (χ2v) is 4.62. The van der Waals surface area contributed by atoms with Gasteiger partial charge in [-0.15, -0.1) is 0 Å². The molecule has 2 unspecified atom stereocenters. The number of esters is 2. The Balaban J connectivity index is 5.62. The van der Waals surface area contributed by atoms with Gasteiger partial charge in [-0.25, -0.2) is 22.8 Å². The maximum Gasteiger partial charge on any atom is 0.432 e. The Morgan fingerprint density at radius 2 is 1.43 bits per heavy atom. The molecule has 0 aliphatic carbocycles.